The van der Waals surface area contributed by atoms with Gasteiger partial charge in [-0.3, -0.25) is 0 Å². The fourth-order valence-corrected chi connectivity index (χ4v) is 1.93. The first kappa shape index (κ1) is 10.5. The standard InChI is InChI=1S/C10H14BrNO/c1-10(2,6-12)8-5-7(13)3-4-9(8)11/h3-5,13H,6,12H2,1-2H3. The smallest absolute Gasteiger partial charge is 0.115 e. The molecule has 0 bridgehead atoms. The largest absolute Gasteiger partial charge is 0.508 e. The van der Waals surface area contributed by atoms with Crippen molar-refractivity contribution in [3.05, 3.63) is 28.2 Å². The van der Waals surface area contributed by atoms with E-state index in [4.69, 9.17) is 5.73 Å². The Bertz CT molecular complexity index is 310. The molecule has 2 nitrogen and oxygen atoms in total. The first-order chi connectivity index (χ1) is 5.97. The second kappa shape index (κ2) is 3.68. The van der Waals surface area contributed by atoms with Crippen LogP contribution in [0.25, 0.3) is 0 Å². The summed E-state index contributed by atoms with van der Waals surface area (Å²) < 4.78 is 0.987. The molecule has 0 aliphatic heterocycles. The van der Waals surface area contributed by atoms with Crippen molar-refractivity contribution in [3.63, 3.8) is 0 Å². The van der Waals surface area contributed by atoms with Crippen LogP contribution in [0.3, 0.4) is 0 Å². The van der Waals surface area contributed by atoms with Crippen LogP contribution >= 0.6 is 15.9 Å². The zero-order chi connectivity index (χ0) is 10.1. The van der Waals surface area contributed by atoms with E-state index >= 15 is 0 Å². The van der Waals surface area contributed by atoms with Gasteiger partial charge in [-0.15, -0.1) is 0 Å². The molecule has 0 atom stereocenters. The predicted molar refractivity (Wildman–Crippen MR) is 57.9 cm³/mol. The third kappa shape index (κ3) is 2.23. The van der Waals surface area contributed by atoms with Gasteiger partial charge in [-0.2, -0.15) is 0 Å². The van der Waals surface area contributed by atoms with E-state index in [1.54, 1.807) is 12.1 Å². The molecular weight excluding hydrogens is 230 g/mol. The van der Waals surface area contributed by atoms with Gasteiger partial charge in [0.2, 0.25) is 0 Å². The summed E-state index contributed by atoms with van der Waals surface area (Å²) in [6.07, 6.45) is 0. The maximum atomic E-state index is 9.33. The summed E-state index contributed by atoms with van der Waals surface area (Å²) in [6, 6.07) is 5.24. The van der Waals surface area contributed by atoms with Crippen molar-refractivity contribution >= 4 is 15.9 Å². The topological polar surface area (TPSA) is 46.2 Å². The third-order valence-corrected chi connectivity index (χ3v) is 2.88. The van der Waals surface area contributed by atoms with Gasteiger partial charge in [-0.1, -0.05) is 29.8 Å². The van der Waals surface area contributed by atoms with Crippen LogP contribution in [0.1, 0.15) is 19.4 Å². The zero-order valence-electron chi connectivity index (χ0n) is 7.84. The number of hydrogen-bond donors (Lipinski definition) is 2. The number of halogens is 1. The number of hydrogen-bond acceptors (Lipinski definition) is 2. The van der Waals surface area contributed by atoms with Gasteiger partial charge in [0.1, 0.15) is 5.75 Å². The molecule has 0 aliphatic rings. The summed E-state index contributed by atoms with van der Waals surface area (Å²) in [5.74, 6) is 0.278. The van der Waals surface area contributed by atoms with Crippen molar-refractivity contribution in [1.29, 1.82) is 0 Å². The Morgan fingerprint density at radius 3 is 2.62 bits per heavy atom. The summed E-state index contributed by atoms with van der Waals surface area (Å²) in [6.45, 7) is 4.65. The molecule has 0 fully saturated rings. The maximum Gasteiger partial charge on any atom is 0.115 e. The van der Waals surface area contributed by atoms with Crippen LogP contribution in [0.15, 0.2) is 22.7 Å². The molecular formula is C10H14BrNO. The minimum atomic E-state index is -0.114. The molecule has 0 saturated carbocycles. The maximum absolute atomic E-state index is 9.33. The number of rotatable bonds is 2. The van der Waals surface area contributed by atoms with E-state index in [-0.39, 0.29) is 11.2 Å². The monoisotopic (exact) mass is 243 g/mol. The first-order valence-corrected chi connectivity index (χ1v) is 4.96. The molecule has 1 rings (SSSR count). The van der Waals surface area contributed by atoms with Gasteiger partial charge in [0.05, 0.1) is 0 Å². The highest BCUT2D eigenvalue weighted by Gasteiger charge is 2.21. The van der Waals surface area contributed by atoms with Gasteiger partial charge in [-0.25, -0.2) is 0 Å². The molecule has 0 spiro atoms. The van der Waals surface area contributed by atoms with Crippen LogP contribution in [-0.2, 0) is 5.41 Å². The summed E-state index contributed by atoms with van der Waals surface area (Å²) in [5.41, 5.74) is 6.58. The highest BCUT2D eigenvalue weighted by molar-refractivity contribution is 9.10. The molecule has 0 unspecified atom stereocenters. The second-order valence-corrected chi connectivity index (χ2v) is 4.61. The molecule has 0 amide bonds. The van der Waals surface area contributed by atoms with Gasteiger partial charge in [-0.05, 0) is 23.8 Å². The Kier molecular flexibility index (Phi) is 2.98. The first-order valence-electron chi connectivity index (χ1n) is 4.16. The van der Waals surface area contributed by atoms with Gasteiger partial charge in [0.25, 0.3) is 0 Å². The summed E-state index contributed by atoms with van der Waals surface area (Å²) in [5, 5.41) is 9.33. The fraction of sp³-hybridized carbons (Fsp3) is 0.400. The van der Waals surface area contributed by atoms with E-state index in [9.17, 15) is 5.11 Å². The van der Waals surface area contributed by atoms with Crippen molar-refractivity contribution in [2.45, 2.75) is 19.3 Å². The predicted octanol–water partition coefficient (Wildman–Crippen LogP) is 2.39. The molecule has 1 aromatic carbocycles. The Hall–Kier alpha value is -0.540. The summed E-state index contributed by atoms with van der Waals surface area (Å²) in [7, 11) is 0. The van der Waals surface area contributed by atoms with Crippen molar-refractivity contribution < 1.29 is 5.11 Å². The van der Waals surface area contributed by atoms with Crippen LogP contribution in [0.4, 0.5) is 0 Å². The molecule has 72 valence electrons. The van der Waals surface area contributed by atoms with Crippen LogP contribution in [0, 0.1) is 0 Å². The van der Waals surface area contributed by atoms with Gasteiger partial charge in [0, 0.05) is 16.4 Å². The van der Waals surface area contributed by atoms with Gasteiger partial charge >= 0.3 is 0 Å². The lowest BCUT2D eigenvalue weighted by Gasteiger charge is -2.24. The van der Waals surface area contributed by atoms with Crippen LogP contribution in [0.2, 0.25) is 0 Å². The van der Waals surface area contributed by atoms with E-state index in [0.29, 0.717) is 6.54 Å². The lowest BCUT2D eigenvalue weighted by atomic mass is 9.85. The quantitative estimate of drug-likeness (QED) is 0.839. The molecule has 3 N–H and O–H groups in total. The lowest BCUT2D eigenvalue weighted by Crippen LogP contribution is -2.28. The SMILES string of the molecule is CC(C)(CN)c1cc(O)ccc1Br. The highest BCUT2D eigenvalue weighted by Crippen LogP contribution is 2.31. The fourth-order valence-electron chi connectivity index (χ4n) is 1.14. The van der Waals surface area contributed by atoms with Crippen LogP contribution in [0.5, 0.6) is 5.75 Å². The zero-order valence-corrected chi connectivity index (χ0v) is 9.43. The van der Waals surface area contributed by atoms with E-state index in [1.165, 1.54) is 0 Å². The van der Waals surface area contributed by atoms with Gasteiger partial charge < -0.3 is 10.8 Å². The number of aromatic hydroxyl groups is 1. The van der Waals surface area contributed by atoms with E-state index in [1.807, 2.05) is 19.9 Å². The van der Waals surface area contributed by atoms with Gasteiger partial charge in [0.15, 0.2) is 0 Å². The number of phenols is 1. The van der Waals surface area contributed by atoms with E-state index in [0.717, 1.165) is 10.0 Å². The van der Waals surface area contributed by atoms with Crippen molar-refractivity contribution in [2.75, 3.05) is 6.54 Å². The number of benzene rings is 1. The molecule has 0 saturated heterocycles. The molecule has 0 aliphatic carbocycles. The minimum Gasteiger partial charge on any atom is -0.508 e. The third-order valence-electron chi connectivity index (χ3n) is 2.19. The van der Waals surface area contributed by atoms with Crippen LogP contribution in [-0.4, -0.2) is 11.7 Å². The Morgan fingerprint density at radius 1 is 1.46 bits per heavy atom. The Morgan fingerprint density at radius 2 is 2.08 bits per heavy atom. The van der Waals surface area contributed by atoms with Crippen molar-refractivity contribution in [3.8, 4) is 5.75 Å². The highest BCUT2D eigenvalue weighted by atomic mass is 79.9. The van der Waals surface area contributed by atoms with Crippen molar-refractivity contribution in [2.24, 2.45) is 5.73 Å². The Labute approximate surface area is 86.9 Å². The number of nitrogens with two attached hydrogens (primary N) is 1. The second-order valence-electron chi connectivity index (χ2n) is 3.75. The average Bonchev–Trinajstić information content (AvgIpc) is 2.09. The molecule has 3 heteroatoms. The van der Waals surface area contributed by atoms with E-state index in [2.05, 4.69) is 15.9 Å². The lowest BCUT2D eigenvalue weighted by molar-refractivity contribution is 0.468. The molecule has 1 aromatic rings. The molecule has 0 radical (unpaired) electrons. The minimum absolute atomic E-state index is 0.114. The normalized spacial score (nSPS) is 11.7. The summed E-state index contributed by atoms with van der Waals surface area (Å²) in [4.78, 5) is 0. The summed E-state index contributed by atoms with van der Waals surface area (Å²) >= 11 is 3.44. The average molecular weight is 244 g/mol. The van der Waals surface area contributed by atoms with Crippen molar-refractivity contribution in [1.82, 2.24) is 0 Å². The Balaban J connectivity index is 3.20. The number of phenolic OH excluding ortho intramolecular Hbond substituents is 1. The molecule has 13 heavy (non-hydrogen) atoms. The van der Waals surface area contributed by atoms with E-state index < -0.39 is 0 Å². The molecule has 0 heterocycles. The van der Waals surface area contributed by atoms with Crippen LogP contribution < -0.4 is 5.73 Å². The molecule has 0 aromatic heterocycles.